The van der Waals surface area contributed by atoms with Gasteiger partial charge in [0.25, 0.3) is 0 Å². The maximum absolute atomic E-state index is 13.0. The molecule has 2 N–H and O–H groups in total. The Hall–Kier alpha value is -1.67. The monoisotopic (exact) mass is 466 g/mol. The largest absolute Gasteiger partial charge is 0.316 e. The molecule has 1 unspecified atom stereocenters. The van der Waals surface area contributed by atoms with Crippen LogP contribution >= 0.6 is 22.7 Å². The summed E-state index contributed by atoms with van der Waals surface area (Å²) in [5.41, 5.74) is 3.61. The lowest BCUT2D eigenvalue weighted by Crippen LogP contribution is -2.22. The van der Waals surface area contributed by atoms with Crippen LogP contribution in [0.15, 0.2) is 18.5 Å². The lowest BCUT2D eigenvalue weighted by molar-refractivity contribution is -0.118. The van der Waals surface area contributed by atoms with E-state index in [1.165, 1.54) is 53.2 Å². The summed E-state index contributed by atoms with van der Waals surface area (Å²) in [7, 11) is 0. The normalized spacial score (nSPS) is 24.7. The first kappa shape index (κ1) is 20.9. The van der Waals surface area contributed by atoms with Gasteiger partial charge in [0, 0.05) is 40.9 Å². The predicted octanol–water partition coefficient (Wildman–Crippen LogP) is 4.59. The molecule has 3 aliphatic rings. The number of carbonyl (C=O) groups is 1. The smallest absolute Gasteiger partial charge is 0.138 e. The minimum absolute atomic E-state index is 0.389. The summed E-state index contributed by atoms with van der Waals surface area (Å²) in [6, 6.07) is 2.04. The number of hydrogen-bond donors (Lipinski definition) is 2. The van der Waals surface area contributed by atoms with Crippen LogP contribution in [0.1, 0.15) is 47.4 Å². The summed E-state index contributed by atoms with van der Waals surface area (Å²) in [5.74, 6) is 3.02. The molecule has 2 fully saturated rings. The number of thiazole rings is 1. The quantitative estimate of drug-likeness (QED) is 0.533. The van der Waals surface area contributed by atoms with Crippen molar-refractivity contribution in [3.05, 3.63) is 33.8 Å². The van der Waals surface area contributed by atoms with Gasteiger partial charge in [-0.25, -0.2) is 4.98 Å². The number of nitrogens with zero attached hydrogens (tertiary/aromatic N) is 2. The van der Waals surface area contributed by atoms with Gasteiger partial charge in [-0.1, -0.05) is 6.42 Å². The van der Waals surface area contributed by atoms with Crippen molar-refractivity contribution < 1.29 is 4.79 Å². The fraction of sp³-hybridized carbons (Fsp3) is 0.560. The molecule has 5 heterocycles. The van der Waals surface area contributed by atoms with Gasteiger partial charge in [0.05, 0.1) is 10.9 Å². The first-order valence-corrected chi connectivity index (χ1v) is 13.7. The molecule has 168 valence electrons. The van der Waals surface area contributed by atoms with E-state index < -0.39 is 0 Å². The summed E-state index contributed by atoms with van der Waals surface area (Å²) in [5, 5.41) is 8.07. The van der Waals surface area contributed by atoms with E-state index in [9.17, 15) is 4.79 Å². The Kier molecular flexibility index (Phi) is 5.84. The Bertz CT molecular complexity index is 1090. The van der Waals surface area contributed by atoms with Gasteiger partial charge >= 0.3 is 0 Å². The van der Waals surface area contributed by atoms with E-state index >= 15 is 0 Å². The van der Waals surface area contributed by atoms with E-state index in [2.05, 4.69) is 15.6 Å². The molecule has 0 spiro atoms. The van der Waals surface area contributed by atoms with Crippen LogP contribution in [0.4, 0.5) is 0 Å². The predicted molar refractivity (Wildman–Crippen MR) is 131 cm³/mol. The number of nitrogens with one attached hydrogen (secondary N) is 2. The minimum Gasteiger partial charge on any atom is -0.316 e. The van der Waals surface area contributed by atoms with E-state index in [4.69, 9.17) is 4.98 Å². The molecular weight excluding hydrogens is 436 g/mol. The molecule has 1 aliphatic carbocycles. The van der Waals surface area contributed by atoms with Gasteiger partial charge in [-0.3, -0.25) is 9.78 Å². The maximum atomic E-state index is 13.0. The lowest BCUT2D eigenvalue weighted by atomic mass is 9.96. The second-order valence-corrected chi connectivity index (χ2v) is 11.9. The molecule has 7 heteroatoms. The van der Waals surface area contributed by atoms with Crippen molar-refractivity contribution in [1.29, 1.82) is 0 Å². The Labute approximate surface area is 197 Å². The maximum Gasteiger partial charge on any atom is 0.138 e. The molecule has 3 aromatic heterocycles. The molecule has 5 nitrogen and oxygen atoms in total. The highest BCUT2D eigenvalue weighted by Gasteiger charge is 2.36. The highest BCUT2D eigenvalue weighted by atomic mass is 32.1. The summed E-state index contributed by atoms with van der Waals surface area (Å²) in [6.07, 6.45) is 11.0. The first-order chi connectivity index (χ1) is 15.7. The van der Waals surface area contributed by atoms with Crippen molar-refractivity contribution in [2.24, 2.45) is 17.8 Å². The zero-order valence-corrected chi connectivity index (χ0v) is 20.0. The summed E-state index contributed by atoms with van der Waals surface area (Å²) < 4.78 is 1.16. The number of ketones is 1. The number of hydrogen-bond acceptors (Lipinski definition) is 7. The molecule has 0 amide bonds. The molecule has 32 heavy (non-hydrogen) atoms. The van der Waals surface area contributed by atoms with E-state index in [-0.39, 0.29) is 0 Å². The van der Waals surface area contributed by atoms with Crippen LogP contribution in [-0.2, 0) is 24.2 Å². The summed E-state index contributed by atoms with van der Waals surface area (Å²) in [6.45, 7) is 4.33. The lowest BCUT2D eigenvalue weighted by Gasteiger charge is -2.13. The molecule has 0 aromatic carbocycles. The highest BCUT2D eigenvalue weighted by Crippen LogP contribution is 2.43. The molecule has 0 radical (unpaired) electrons. The number of pyridine rings is 1. The van der Waals surface area contributed by atoms with Crippen LogP contribution in [0.2, 0.25) is 0 Å². The molecule has 3 atom stereocenters. The van der Waals surface area contributed by atoms with Crippen LogP contribution in [0, 0.1) is 17.8 Å². The van der Waals surface area contributed by atoms with Crippen molar-refractivity contribution >= 4 is 38.7 Å². The van der Waals surface area contributed by atoms with Crippen molar-refractivity contribution in [1.82, 2.24) is 20.6 Å². The fourth-order valence-corrected chi connectivity index (χ4v) is 8.49. The molecule has 1 saturated heterocycles. The minimum atomic E-state index is 0.389. The van der Waals surface area contributed by atoms with Gasteiger partial charge in [0.2, 0.25) is 0 Å². The summed E-state index contributed by atoms with van der Waals surface area (Å²) >= 11 is 3.56. The second kappa shape index (κ2) is 8.93. The molecule has 2 aliphatic heterocycles. The van der Waals surface area contributed by atoms with Crippen LogP contribution in [0.5, 0.6) is 0 Å². The number of rotatable bonds is 7. The molecular formula is C25H30N4OS2. The molecule has 0 bridgehead atoms. The third-order valence-corrected chi connectivity index (χ3v) is 9.87. The number of carbonyl (C=O) groups excluding carboxylic acids is 1. The van der Waals surface area contributed by atoms with Crippen LogP contribution < -0.4 is 10.6 Å². The van der Waals surface area contributed by atoms with Crippen molar-refractivity contribution in [2.75, 3.05) is 19.6 Å². The molecule has 3 aromatic rings. The van der Waals surface area contributed by atoms with Gasteiger partial charge in [-0.05, 0) is 74.7 Å². The van der Waals surface area contributed by atoms with Gasteiger partial charge in [0.1, 0.15) is 16.3 Å². The van der Waals surface area contributed by atoms with Crippen molar-refractivity contribution in [3.8, 4) is 10.6 Å². The second-order valence-electron chi connectivity index (χ2n) is 9.71. The zero-order valence-electron chi connectivity index (χ0n) is 18.4. The first-order valence-electron chi connectivity index (χ1n) is 12.0. The van der Waals surface area contributed by atoms with Gasteiger partial charge < -0.3 is 10.6 Å². The van der Waals surface area contributed by atoms with Crippen molar-refractivity contribution in [2.45, 2.75) is 51.5 Å². The molecule has 1 saturated carbocycles. The average molecular weight is 467 g/mol. The van der Waals surface area contributed by atoms with Crippen LogP contribution in [0.3, 0.4) is 0 Å². The Balaban J connectivity index is 1.16. The average Bonchev–Trinajstić information content (AvgIpc) is 3.54. The van der Waals surface area contributed by atoms with Crippen molar-refractivity contribution in [3.63, 3.8) is 0 Å². The Morgan fingerprint density at radius 3 is 2.88 bits per heavy atom. The Morgan fingerprint density at radius 1 is 1.16 bits per heavy atom. The number of Topliss-reactive ketones (excluding diaryl/α,β-unsaturated/α-hetero) is 1. The van der Waals surface area contributed by atoms with E-state index in [0.717, 1.165) is 58.9 Å². The van der Waals surface area contributed by atoms with E-state index in [0.29, 0.717) is 18.6 Å². The zero-order chi connectivity index (χ0) is 21.5. The van der Waals surface area contributed by atoms with Crippen LogP contribution in [0.25, 0.3) is 20.8 Å². The van der Waals surface area contributed by atoms with E-state index in [1.54, 1.807) is 11.3 Å². The van der Waals surface area contributed by atoms with E-state index in [1.807, 2.05) is 29.8 Å². The highest BCUT2D eigenvalue weighted by molar-refractivity contribution is 7.22. The van der Waals surface area contributed by atoms with Gasteiger partial charge in [0.15, 0.2) is 0 Å². The van der Waals surface area contributed by atoms with Gasteiger partial charge in [-0.15, -0.1) is 22.7 Å². The number of aromatic nitrogens is 2. The topological polar surface area (TPSA) is 66.9 Å². The fourth-order valence-electron chi connectivity index (χ4n) is 6.03. The van der Waals surface area contributed by atoms with Gasteiger partial charge in [-0.2, -0.15) is 0 Å². The Morgan fingerprint density at radius 2 is 2.03 bits per heavy atom. The number of thiophene rings is 1. The third kappa shape index (κ3) is 4.04. The molecule has 6 rings (SSSR count). The number of fused-ring (bicyclic) bond motifs is 3. The summed E-state index contributed by atoms with van der Waals surface area (Å²) in [4.78, 5) is 24.7. The SMILES string of the molecule is O=C(CCCC1C[C@H]2CNC[C@H]2C1)Cc1sc2c(c1-c1nc3cnccc3s1)CCNC2. The third-order valence-electron chi connectivity index (χ3n) is 7.58. The van der Waals surface area contributed by atoms with Crippen LogP contribution in [-0.4, -0.2) is 35.4 Å². The standard InChI is InChI=1S/C25H30N4OS2/c30-18(3-1-2-15-8-16-11-28-12-17(16)9-15)10-22-24(19-4-6-27-14-23(19)31-22)25-29-20-13-26-7-5-21(20)32-25/h5,7,13,15-17,27-28H,1-4,6,8-12,14H2/t15?,16-,17+.